The molecule has 2 atom stereocenters. The lowest BCUT2D eigenvalue weighted by Crippen LogP contribution is -2.46. The average Bonchev–Trinajstić information content (AvgIpc) is 3.15. The molecule has 34 heavy (non-hydrogen) atoms. The Balaban J connectivity index is 1.69. The Hall–Kier alpha value is -4.01. The molecule has 0 saturated heterocycles. The van der Waals surface area contributed by atoms with Gasteiger partial charge in [-0.2, -0.15) is 0 Å². The monoisotopic (exact) mass is 469 g/mol. The number of carbonyl (C=O) groups excluding carboxylic acids is 2. The Morgan fingerprint density at radius 1 is 1.12 bits per heavy atom. The molecule has 0 bridgehead atoms. The summed E-state index contributed by atoms with van der Waals surface area (Å²) in [6.45, 7) is 3.22. The topological polar surface area (TPSA) is 120 Å². The number of amides is 1. The average molecular weight is 469 g/mol. The number of carboxylic acid groups (broad SMARTS) is 1. The van der Waals surface area contributed by atoms with E-state index >= 15 is 0 Å². The number of hydrogen-bond acceptors (Lipinski definition) is 7. The van der Waals surface area contributed by atoms with Crippen molar-refractivity contribution in [2.24, 2.45) is 5.92 Å². The van der Waals surface area contributed by atoms with Gasteiger partial charge in [-0.15, -0.1) is 0 Å². The number of ether oxygens (including phenoxy) is 4. The number of benzene rings is 2. The van der Waals surface area contributed by atoms with Crippen LogP contribution in [0.3, 0.4) is 0 Å². The van der Waals surface area contributed by atoms with Gasteiger partial charge in [0.2, 0.25) is 5.78 Å². The zero-order valence-corrected chi connectivity index (χ0v) is 19.4. The molecule has 1 amide bonds. The highest BCUT2D eigenvalue weighted by molar-refractivity contribution is 6.14. The van der Waals surface area contributed by atoms with Crippen LogP contribution >= 0.6 is 0 Å². The van der Waals surface area contributed by atoms with Gasteiger partial charge in [-0.25, -0.2) is 4.79 Å². The molecule has 9 heteroatoms. The smallest absolute Gasteiger partial charge is 0.326 e. The highest BCUT2D eigenvalue weighted by Crippen LogP contribution is 2.36. The van der Waals surface area contributed by atoms with Gasteiger partial charge in [0, 0.05) is 17.7 Å². The summed E-state index contributed by atoms with van der Waals surface area (Å²) in [5, 5.41) is 11.8. The van der Waals surface area contributed by atoms with E-state index in [1.807, 2.05) is 6.92 Å². The van der Waals surface area contributed by atoms with Gasteiger partial charge in [-0.05, 0) is 36.3 Å². The van der Waals surface area contributed by atoms with Gasteiger partial charge in [0.1, 0.15) is 29.0 Å². The maximum atomic E-state index is 12.8. The van der Waals surface area contributed by atoms with Crippen LogP contribution in [0.2, 0.25) is 0 Å². The summed E-state index contributed by atoms with van der Waals surface area (Å²) in [6.07, 6.45) is 2.18. The number of allylic oxidation sites excluding steroid dienone is 1. The lowest BCUT2D eigenvalue weighted by molar-refractivity contribution is -0.143. The van der Waals surface area contributed by atoms with Crippen molar-refractivity contribution in [3.8, 4) is 23.0 Å². The lowest BCUT2D eigenvalue weighted by Gasteiger charge is -2.20. The van der Waals surface area contributed by atoms with Crippen LogP contribution in [-0.2, 0) is 9.59 Å². The van der Waals surface area contributed by atoms with Crippen LogP contribution in [0, 0.1) is 5.92 Å². The number of aliphatic carboxylic acids is 1. The van der Waals surface area contributed by atoms with E-state index in [0.717, 1.165) is 0 Å². The van der Waals surface area contributed by atoms with E-state index < -0.39 is 17.9 Å². The fourth-order valence-electron chi connectivity index (χ4n) is 3.38. The minimum absolute atomic E-state index is 0.117. The molecule has 0 unspecified atom stereocenters. The normalized spacial score (nSPS) is 15.2. The molecule has 3 rings (SSSR count). The lowest BCUT2D eigenvalue weighted by atomic mass is 9.99. The minimum atomic E-state index is -1.10. The quantitative estimate of drug-likeness (QED) is 0.509. The molecule has 0 saturated carbocycles. The number of carboxylic acids is 1. The molecular weight excluding hydrogens is 442 g/mol. The Kier molecular flexibility index (Phi) is 7.78. The number of fused-ring (bicyclic) bond motifs is 1. The zero-order chi connectivity index (χ0) is 24.8. The highest BCUT2D eigenvalue weighted by atomic mass is 16.5. The second-order valence-corrected chi connectivity index (χ2v) is 7.76. The molecule has 180 valence electrons. The second-order valence-electron chi connectivity index (χ2n) is 7.76. The predicted octanol–water partition coefficient (Wildman–Crippen LogP) is 3.31. The molecule has 1 aliphatic rings. The summed E-state index contributed by atoms with van der Waals surface area (Å²) in [4.78, 5) is 36.3. The van der Waals surface area contributed by atoms with E-state index in [0.29, 0.717) is 40.5 Å². The Morgan fingerprint density at radius 3 is 2.50 bits per heavy atom. The third-order valence-corrected chi connectivity index (χ3v) is 5.53. The van der Waals surface area contributed by atoms with Gasteiger partial charge >= 0.3 is 5.97 Å². The van der Waals surface area contributed by atoms with E-state index in [2.05, 4.69) is 5.32 Å². The summed E-state index contributed by atoms with van der Waals surface area (Å²) in [6, 6.07) is 8.81. The first-order valence-corrected chi connectivity index (χ1v) is 10.7. The maximum Gasteiger partial charge on any atom is 0.326 e. The summed E-state index contributed by atoms with van der Waals surface area (Å²) >= 11 is 0. The maximum absolute atomic E-state index is 12.8. The number of hydrogen-bond donors (Lipinski definition) is 2. The zero-order valence-electron chi connectivity index (χ0n) is 19.4. The number of methoxy groups -OCH3 is 2. The summed E-state index contributed by atoms with van der Waals surface area (Å²) < 4.78 is 21.8. The molecule has 2 N–H and O–H groups in total. The van der Waals surface area contributed by atoms with Crippen LogP contribution in [-0.4, -0.2) is 49.6 Å². The number of rotatable bonds is 10. The first-order valence-electron chi connectivity index (χ1n) is 10.7. The first-order chi connectivity index (χ1) is 16.3. The summed E-state index contributed by atoms with van der Waals surface area (Å²) in [5.74, 6) is -0.323. The van der Waals surface area contributed by atoms with Gasteiger partial charge in [-0.3, -0.25) is 9.59 Å². The van der Waals surface area contributed by atoms with E-state index in [9.17, 15) is 19.5 Å². The first kappa shape index (κ1) is 24.6. The fraction of sp³-hybridized carbons (Fsp3) is 0.320. The van der Waals surface area contributed by atoms with Gasteiger partial charge in [-0.1, -0.05) is 20.3 Å². The number of ketones is 1. The van der Waals surface area contributed by atoms with E-state index in [1.54, 1.807) is 50.4 Å². The highest BCUT2D eigenvalue weighted by Gasteiger charge is 2.29. The molecule has 0 fully saturated rings. The van der Waals surface area contributed by atoms with Crippen LogP contribution in [0.15, 0.2) is 42.2 Å². The van der Waals surface area contributed by atoms with E-state index in [1.165, 1.54) is 13.2 Å². The van der Waals surface area contributed by atoms with Crippen LogP contribution in [0.5, 0.6) is 23.0 Å². The number of nitrogens with one attached hydrogen (secondary N) is 1. The molecule has 0 aliphatic carbocycles. The van der Waals surface area contributed by atoms with Crippen LogP contribution in [0.25, 0.3) is 6.08 Å². The summed E-state index contributed by atoms with van der Waals surface area (Å²) in [5.41, 5.74) is 1.00. The Morgan fingerprint density at radius 2 is 1.85 bits per heavy atom. The predicted molar refractivity (Wildman–Crippen MR) is 123 cm³/mol. The number of carbonyl (C=O) groups is 3. The van der Waals surface area contributed by atoms with Gasteiger partial charge in [0.05, 0.1) is 19.8 Å². The van der Waals surface area contributed by atoms with Crippen molar-refractivity contribution in [1.29, 1.82) is 0 Å². The largest absolute Gasteiger partial charge is 0.497 e. The molecule has 1 heterocycles. The van der Waals surface area contributed by atoms with Crippen molar-refractivity contribution in [3.63, 3.8) is 0 Å². The molecule has 0 radical (unpaired) electrons. The third kappa shape index (κ3) is 5.48. The van der Waals surface area contributed by atoms with Crippen molar-refractivity contribution >= 4 is 23.7 Å². The molecule has 0 spiro atoms. The second kappa shape index (κ2) is 10.7. The molecule has 9 nitrogen and oxygen atoms in total. The van der Waals surface area contributed by atoms with Crippen LogP contribution < -0.4 is 24.3 Å². The van der Waals surface area contributed by atoms with Crippen molar-refractivity contribution in [2.75, 3.05) is 20.8 Å². The van der Waals surface area contributed by atoms with Crippen molar-refractivity contribution in [2.45, 2.75) is 26.3 Å². The standard InChI is InChI=1S/C25H27NO8/c1-5-14(2)23(25(29)30)26-22(27)13-33-17-8-9-18-20(12-17)34-21(24(18)28)10-15-6-7-16(31-3)11-19(15)32-4/h6-12,14,23H,5,13H2,1-4H3,(H,26,27)(H,29,30)/b21-10+/t14-,23+/m1/s1. The van der Waals surface area contributed by atoms with E-state index in [-0.39, 0.29) is 24.1 Å². The van der Waals surface area contributed by atoms with Gasteiger partial charge < -0.3 is 29.4 Å². The molecular formula is C25H27NO8. The fourth-order valence-corrected chi connectivity index (χ4v) is 3.38. The van der Waals surface area contributed by atoms with Gasteiger partial charge in [0.15, 0.2) is 12.4 Å². The van der Waals surface area contributed by atoms with E-state index in [4.69, 9.17) is 18.9 Å². The Bertz CT molecular complexity index is 1120. The van der Waals surface area contributed by atoms with Crippen molar-refractivity contribution < 1.29 is 38.4 Å². The van der Waals surface area contributed by atoms with Crippen molar-refractivity contribution in [1.82, 2.24) is 5.32 Å². The third-order valence-electron chi connectivity index (χ3n) is 5.53. The molecule has 1 aliphatic heterocycles. The SMILES string of the molecule is CC[C@@H](C)[C@H](NC(=O)COc1ccc2c(c1)O/C(=C/c1ccc(OC)cc1OC)C2=O)C(=O)O. The number of Topliss-reactive ketones (excluding diaryl/α,β-unsaturated/α-hetero) is 1. The van der Waals surface area contributed by atoms with Crippen molar-refractivity contribution in [3.05, 3.63) is 53.3 Å². The van der Waals surface area contributed by atoms with Gasteiger partial charge in [0.25, 0.3) is 5.91 Å². The molecule has 0 aromatic heterocycles. The summed E-state index contributed by atoms with van der Waals surface area (Å²) in [7, 11) is 3.07. The minimum Gasteiger partial charge on any atom is -0.497 e. The van der Waals surface area contributed by atoms with Crippen LogP contribution in [0.4, 0.5) is 0 Å². The van der Waals surface area contributed by atoms with Crippen LogP contribution in [0.1, 0.15) is 36.2 Å². The molecule has 2 aromatic carbocycles. The Labute approximate surface area is 197 Å². The molecule has 2 aromatic rings.